The van der Waals surface area contributed by atoms with Gasteiger partial charge >= 0.3 is 18.0 Å². The molecule has 0 saturated carbocycles. The van der Waals surface area contributed by atoms with Gasteiger partial charge in [-0.2, -0.15) is 0 Å². The fraction of sp³-hybridized carbons (Fsp3) is 0.816. The molecule has 1 amide bonds. The number of halogens is 1. The number of hydrogen-bond acceptors (Lipinski definition) is 10. The summed E-state index contributed by atoms with van der Waals surface area (Å²) in [5, 5.41) is 2.78. The molecule has 0 bridgehead atoms. The van der Waals surface area contributed by atoms with Gasteiger partial charge in [0, 0.05) is 6.42 Å². The topological polar surface area (TPSA) is 140 Å². The van der Waals surface area contributed by atoms with Crippen LogP contribution in [-0.4, -0.2) is 71.6 Å². The van der Waals surface area contributed by atoms with E-state index in [-0.39, 0.29) is 36.1 Å². The van der Waals surface area contributed by atoms with Crippen LogP contribution in [0.5, 0.6) is 0 Å². The summed E-state index contributed by atoms with van der Waals surface area (Å²) in [4.78, 5) is 55.1. The number of nitrogens with zero attached hydrogens (tertiary/aromatic N) is 4. The molecule has 0 saturated heterocycles. The second-order valence-corrected chi connectivity index (χ2v) is 15.2. The number of aliphatic imine (C=N–C) groups is 4. The van der Waals surface area contributed by atoms with Gasteiger partial charge in [0.25, 0.3) is 0 Å². The largest absolute Gasteiger partial charge is 0.464 e. The number of fused-ring (bicyclic) bond motifs is 1. The highest BCUT2D eigenvalue weighted by atomic mass is 35.5. The van der Waals surface area contributed by atoms with Crippen LogP contribution in [0.25, 0.3) is 0 Å². The number of carbonyl (C=O) groups is 3. The highest BCUT2D eigenvalue weighted by Gasteiger charge is 2.42. The molecule has 284 valence electrons. The number of carbonyl (C=O) groups excluding carboxylic acids is 3. The van der Waals surface area contributed by atoms with Crippen molar-refractivity contribution in [3.8, 4) is 0 Å². The number of ether oxygens (including phenoxy) is 3. The molecular weight excluding hydrogens is 658 g/mol. The summed E-state index contributed by atoms with van der Waals surface area (Å²) in [6, 6.07) is -0.830. The van der Waals surface area contributed by atoms with E-state index >= 15 is 0 Å². The molecule has 0 aromatic rings. The molecule has 1 unspecified atom stereocenters. The van der Waals surface area contributed by atoms with Crippen LogP contribution in [0, 0.1) is 5.92 Å². The molecular formula is C38H64ClN5O6. The quantitative estimate of drug-likeness (QED) is 0.0536. The molecule has 0 radical (unpaired) electrons. The lowest BCUT2D eigenvalue weighted by molar-refractivity contribution is -0.147. The molecule has 11 nitrogen and oxygen atoms in total. The van der Waals surface area contributed by atoms with Crippen LogP contribution in [0.15, 0.2) is 20.0 Å². The van der Waals surface area contributed by atoms with E-state index in [0.717, 1.165) is 19.3 Å². The molecule has 12 heteroatoms. The molecule has 2 rings (SSSR count). The number of hydrogen-bond donors (Lipinski definition) is 1. The first-order valence-electron chi connectivity index (χ1n) is 19.1. The van der Waals surface area contributed by atoms with Gasteiger partial charge in [-0.05, 0) is 52.4 Å². The van der Waals surface area contributed by atoms with Crippen molar-refractivity contribution < 1.29 is 28.6 Å². The van der Waals surface area contributed by atoms with Crippen molar-refractivity contribution in [1.29, 1.82) is 0 Å². The highest BCUT2D eigenvalue weighted by Crippen LogP contribution is 2.31. The monoisotopic (exact) mass is 721 g/mol. The third-order valence-electron chi connectivity index (χ3n) is 8.68. The third-order valence-corrected chi connectivity index (χ3v) is 8.94. The standard InChI is InChI=1S/C38H64ClN5O6/c1-7-8-9-10-11-12-13-14-15-16-17-18-19-20-21-24-31(45)49-27-30-42-34(39)33-38(44-30,41-28-40-33)25-22-23-26-48-35(46)32(29(2)3)43-36(47)50-37(4,5)6/h28-29,32H,7-27H2,1-6H3,(H,43,47)/t32-,38?/m0/s1. The fourth-order valence-corrected chi connectivity index (χ4v) is 6.18. The summed E-state index contributed by atoms with van der Waals surface area (Å²) < 4.78 is 16.2. The number of nitrogens with one attached hydrogen (secondary N) is 1. The van der Waals surface area contributed by atoms with E-state index in [1.807, 2.05) is 13.8 Å². The van der Waals surface area contributed by atoms with E-state index < -0.39 is 29.4 Å². The lowest BCUT2D eigenvalue weighted by Gasteiger charge is -2.27. The second kappa shape index (κ2) is 23.6. The van der Waals surface area contributed by atoms with Crippen LogP contribution in [0.2, 0.25) is 0 Å². The lowest BCUT2D eigenvalue weighted by atomic mass is 9.97. The Kier molecular flexibility index (Phi) is 20.5. The Morgan fingerprint density at radius 3 is 1.98 bits per heavy atom. The van der Waals surface area contributed by atoms with Crippen molar-refractivity contribution in [1.82, 2.24) is 5.32 Å². The summed E-state index contributed by atoms with van der Waals surface area (Å²) in [6.07, 6.45) is 21.8. The van der Waals surface area contributed by atoms with Crippen molar-refractivity contribution in [2.24, 2.45) is 25.9 Å². The Labute approximate surface area is 305 Å². The van der Waals surface area contributed by atoms with Crippen LogP contribution in [0.3, 0.4) is 0 Å². The zero-order valence-electron chi connectivity index (χ0n) is 31.7. The molecule has 2 heterocycles. The van der Waals surface area contributed by atoms with E-state index in [1.54, 1.807) is 20.8 Å². The fourth-order valence-electron chi connectivity index (χ4n) is 5.88. The summed E-state index contributed by atoms with van der Waals surface area (Å²) in [5.41, 5.74) is -1.27. The predicted octanol–water partition coefficient (Wildman–Crippen LogP) is 9.28. The summed E-state index contributed by atoms with van der Waals surface area (Å²) in [6.45, 7) is 11.2. The van der Waals surface area contributed by atoms with Crippen molar-refractivity contribution >= 4 is 52.7 Å². The van der Waals surface area contributed by atoms with Gasteiger partial charge < -0.3 is 19.5 Å². The average molecular weight is 722 g/mol. The van der Waals surface area contributed by atoms with Gasteiger partial charge in [-0.1, -0.05) is 122 Å². The Morgan fingerprint density at radius 1 is 0.840 bits per heavy atom. The number of unbranched alkanes of at least 4 members (excludes halogenated alkanes) is 15. The number of amidine groups is 1. The van der Waals surface area contributed by atoms with Gasteiger partial charge in [-0.25, -0.2) is 29.6 Å². The molecule has 0 aromatic heterocycles. The number of rotatable bonds is 26. The number of amides is 1. The van der Waals surface area contributed by atoms with Gasteiger partial charge in [0.15, 0.2) is 23.3 Å². The number of alkyl carbamates (subject to hydrolysis) is 1. The van der Waals surface area contributed by atoms with Crippen molar-refractivity contribution in [2.45, 2.75) is 181 Å². The molecule has 1 N–H and O–H groups in total. The minimum atomic E-state index is -1.04. The molecule has 50 heavy (non-hydrogen) atoms. The van der Waals surface area contributed by atoms with Gasteiger partial charge in [0.2, 0.25) is 0 Å². The van der Waals surface area contributed by atoms with E-state index in [1.165, 1.54) is 83.4 Å². The minimum Gasteiger partial charge on any atom is -0.464 e. The maximum Gasteiger partial charge on any atom is 0.408 e. The first-order valence-corrected chi connectivity index (χ1v) is 19.5. The Morgan fingerprint density at radius 2 is 1.42 bits per heavy atom. The average Bonchev–Trinajstić information content (AvgIpc) is 3.48. The normalized spacial score (nSPS) is 17.5. The van der Waals surface area contributed by atoms with E-state index in [0.29, 0.717) is 31.4 Å². The first kappa shape index (κ1) is 43.3. The molecule has 2 aliphatic heterocycles. The molecule has 0 aromatic carbocycles. The zero-order valence-corrected chi connectivity index (χ0v) is 32.5. The second-order valence-electron chi connectivity index (χ2n) is 14.8. The van der Waals surface area contributed by atoms with Crippen molar-refractivity contribution in [2.75, 3.05) is 13.2 Å². The van der Waals surface area contributed by atoms with Crippen LogP contribution in [0.1, 0.15) is 164 Å². The van der Waals surface area contributed by atoms with Gasteiger partial charge in [-0.15, -0.1) is 0 Å². The van der Waals surface area contributed by atoms with Gasteiger partial charge in [0.05, 0.1) is 6.61 Å². The van der Waals surface area contributed by atoms with E-state index in [4.69, 9.17) is 25.8 Å². The smallest absolute Gasteiger partial charge is 0.408 e. The Hall–Kier alpha value is -2.82. The summed E-state index contributed by atoms with van der Waals surface area (Å²) in [5.74, 6) is -0.698. The molecule has 2 atom stereocenters. The molecule has 2 aliphatic rings. The lowest BCUT2D eigenvalue weighted by Crippen LogP contribution is -2.47. The third kappa shape index (κ3) is 17.4. The number of esters is 2. The first-order chi connectivity index (χ1) is 23.9. The SMILES string of the molecule is CCCCCCCCCCCCCCCCCC(=O)OCC1=NC2(CCCCOC(=O)[C@@H](NC(=O)OC(C)(C)C)C(C)C)N=CN=C2C(Cl)=N1. The van der Waals surface area contributed by atoms with Crippen LogP contribution in [0.4, 0.5) is 4.79 Å². The van der Waals surface area contributed by atoms with Crippen LogP contribution < -0.4 is 5.32 Å². The van der Waals surface area contributed by atoms with Gasteiger partial charge in [-0.3, -0.25) is 4.79 Å². The molecule has 0 fully saturated rings. The molecule has 0 spiro atoms. The Bertz CT molecular complexity index is 1180. The summed E-state index contributed by atoms with van der Waals surface area (Å²) in [7, 11) is 0. The maximum atomic E-state index is 12.7. The minimum absolute atomic E-state index is 0.0861. The van der Waals surface area contributed by atoms with Crippen molar-refractivity contribution in [3.63, 3.8) is 0 Å². The maximum absolute atomic E-state index is 12.7. The molecule has 0 aliphatic carbocycles. The van der Waals surface area contributed by atoms with Crippen molar-refractivity contribution in [3.05, 3.63) is 0 Å². The predicted molar refractivity (Wildman–Crippen MR) is 203 cm³/mol. The van der Waals surface area contributed by atoms with Crippen LogP contribution in [-0.2, 0) is 23.8 Å². The van der Waals surface area contributed by atoms with E-state index in [2.05, 4.69) is 32.2 Å². The van der Waals surface area contributed by atoms with Crippen LogP contribution >= 0.6 is 11.6 Å². The Balaban J connectivity index is 1.65. The zero-order chi connectivity index (χ0) is 36.8. The summed E-state index contributed by atoms with van der Waals surface area (Å²) >= 11 is 6.46. The highest BCUT2D eigenvalue weighted by molar-refractivity contribution is 6.86. The van der Waals surface area contributed by atoms with Gasteiger partial charge in [0.1, 0.15) is 23.7 Å². The van der Waals surface area contributed by atoms with E-state index in [9.17, 15) is 14.4 Å².